The molecule has 1 atom stereocenters. The molecule has 1 amide bonds. The van der Waals surface area contributed by atoms with Crippen LogP contribution in [0, 0.1) is 0 Å². The minimum Gasteiger partial charge on any atom is -0.397 e. The van der Waals surface area contributed by atoms with Crippen molar-refractivity contribution in [1.29, 1.82) is 0 Å². The highest BCUT2D eigenvalue weighted by molar-refractivity contribution is 5.91. The first-order valence-electron chi connectivity index (χ1n) is 8.08. The van der Waals surface area contributed by atoms with Crippen LogP contribution < -0.4 is 16.4 Å². The van der Waals surface area contributed by atoms with Crippen molar-refractivity contribution < 1.29 is 4.79 Å². The minimum absolute atomic E-state index is 0.00199. The van der Waals surface area contributed by atoms with Crippen molar-refractivity contribution >= 4 is 23.0 Å². The summed E-state index contributed by atoms with van der Waals surface area (Å²) in [6.45, 7) is 3.97. The van der Waals surface area contributed by atoms with Gasteiger partial charge in [0, 0.05) is 18.2 Å². The summed E-state index contributed by atoms with van der Waals surface area (Å²) in [5, 5.41) is 6.29. The van der Waals surface area contributed by atoms with E-state index in [4.69, 9.17) is 5.73 Å². The SMILES string of the molecule is CCC(=O)Nc1ccc(N)c(NC(C)CCc2ccccc2)c1. The molecule has 4 heteroatoms. The van der Waals surface area contributed by atoms with Crippen molar-refractivity contribution in [3.8, 4) is 0 Å². The Morgan fingerprint density at radius 1 is 1.17 bits per heavy atom. The summed E-state index contributed by atoms with van der Waals surface area (Å²) in [5.41, 5.74) is 9.68. The lowest BCUT2D eigenvalue weighted by molar-refractivity contribution is -0.115. The Bertz CT molecular complexity index is 640. The maximum Gasteiger partial charge on any atom is 0.224 e. The van der Waals surface area contributed by atoms with Crippen LogP contribution in [0.4, 0.5) is 17.1 Å². The third-order valence-electron chi connectivity index (χ3n) is 3.77. The molecule has 122 valence electrons. The minimum atomic E-state index is -0.00199. The highest BCUT2D eigenvalue weighted by atomic mass is 16.1. The Hall–Kier alpha value is -2.49. The van der Waals surface area contributed by atoms with Crippen molar-refractivity contribution in [1.82, 2.24) is 0 Å². The fourth-order valence-corrected chi connectivity index (χ4v) is 2.37. The average Bonchev–Trinajstić information content (AvgIpc) is 2.57. The van der Waals surface area contributed by atoms with E-state index in [0.29, 0.717) is 12.1 Å². The van der Waals surface area contributed by atoms with Crippen molar-refractivity contribution in [2.75, 3.05) is 16.4 Å². The van der Waals surface area contributed by atoms with Crippen LogP contribution in [0.1, 0.15) is 32.3 Å². The Morgan fingerprint density at radius 2 is 1.91 bits per heavy atom. The van der Waals surface area contributed by atoms with E-state index in [2.05, 4.69) is 41.8 Å². The van der Waals surface area contributed by atoms with E-state index in [1.54, 1.807) is 0 Å². The van der Waals surface area contributed by atoms with Gasteiger partial charge in [0.25, 0.3) is 0 Å². The van der Waals surface area contributed by atoms with E-state index in [-0.39, 0.29) is 11.9 Å². The number of benzene rings is 2. The molecule has 0 aliphatic heterocycles. The topological polar surface area (TPSA) is 67.2 Å². The molecular formula is C19H25N3O. The molecule has 0 spiro atoms. The summed E-state index contributed by atoms with van der Waals surface area (Å²) < 4.78 is 0. The van der Waals surface area contributed by atoms with Crippen LogP contribution in [0.3, 0.4) is 0 Å². The Kier molecular flexibility index (Phi) is 6.03. The number of rotatable bonds is 7. The maximum absolute atomic E-state index is 11.5. The number of nitrogens with one attached hydrogen (secondary N) is 2. The lowest BCUT2D eigenvalue weighted by Gasteiger charge is -2.18. The number of carbonyl (C=O) groups excluding carboxylic acids is 1. The molecule has 0 fully saturated rings. The molecule has 0 bridgehead atoms. The van der Waals surface area contributed by atoms with E-state index in [0.717, 1.165) is 24.2 Å². The van der Waals surface area contributed by atoms with Gasteiger partial charge in [0.15, 0.2) is 0 Å². The van der Waals surface area contributed by atoms with Crippen LogP contribution in [0.15, 0.2) is 48.5 Å². The van der Waals surface area contributed by atoms with Gasteiger partial charge in [-0.2, -0.15) is 0 Å². The molecule has 0 aromatic heterocycles. The highest BCUT2D eigenvalue weighted by Gasteiger charge is 2.07. The van der Waals surface area contributed by atoms with Gasteiger partial charge in [-0.1, -0.05) is 37.3 Å². The summed E-state index contributed by atoms with van der Waals surface area (Å²) in [6.07, 6.45) is 2.48. The lowest BCUT2D eigenvalue weighted by Crippen LogP contribution is -2.17. The van der Waals surface area contributed by atoms with Gasteiger partial charge in [-0.3, -0.25) is 4.79 Å². The molecule has 1 unspecified atom stereocenters. The summed E-state index contributed by atoms with van der Waals surface area (Å²) in [5.74, 6) is -0.00199. The second kappa shape index (κ2) is 8.22. The van der Waals surface area contributed by atoms with E-state index >= 15 is 0 Å². The Balaban J connectivity index is 1.95. The molecule has 0 aliphatic carbocycles. The normalized spacial score (nSPS) is 11.7. The molecular weight excluding hydrogens is 286 g/mol. The second-order valence-electron chi connectivity index (χ2n) is 5.77. The molecule has 4 N–H and O–H groups in total. The van der Waals surface area contributed by atoms with Gasteiger partial charge in [0.1, 0.15) is 0 Å². The second-order valence-corrected chi connectivity index (χ2v) is 5.77. The van der Waals surface area contributed by atoms with Crippen LogP contribution in [0.2, 0.25) is 0 Å². The van der Waals surface area contributed by atoms with E-state index in [1.807, 2.05) is 31.2 Å². The average molecular weight is 311 g/mol. The van der Waals surface area contributed by atoms with E-state index < -0.39 is 0 Å². The predicted octanol–water partition coefficient (Wildman–Crippen LogP) is 4.05. The van der Waals surface area contributed by atoms with Crippen LogP contribution in [0.25, 0.3) is 0 Å². The van der Waals surface area contributed by atoms with Crippen molar-refractivity contribution in [2.45, 2.75) is 39.2 Å². The fraction of sp³-hybridized carbons (Fsp3) is 0.316. The molecule has 2 aromatic carbocycles. The van der Waals surface area contributed by atoms with Gasteiger partial charge in [-0.15, -0.1) is 0 Å². The van der Waals surface area contributed by atoms with E-state index in [1.165, 1.54) is 5.56 Å². The number of nitrogen functional groups attached to an aromatic ring is 1. The standard InChI is InChI=1S/C19H25N3O/c1-3-19(23)22-16-11-12-17(20)18(13-16)21-14(2)9-10-15-7-5-4-6-8-15/h4-8,11-14,21H,3,9-10,20H2,1-2H3,(H,22,23). The molecule has 2 rings (SSSR count). The van der Waals surface area contributed by atoms with Gasteiger partial charge in [-0.25, -0.2) is 0 Å². The fourth-order valence-electron chi connectivity index (χ4n) is 2.37. The van der Waals surface area contributed by atoms with Gasteiger partial charge < -0.3 is 16.4 Å². The first-order chi connectivity index (χ1) is 11.1. The van der Waals surface area contributed by atoms with Crippen LogP contribution in [0.5, 0.6) is 0 Å². The number of hydrogen-bond acceptors (Lipinski definition) is 3. The number of aryl methyl sites for hydroxylation is 1. The summed E-state index contributed by atoms with van der Waals surface area (Å²) >= 11 is 0. The van der Waals surface area contributed by atoms with Gasteiger partial charge >= 0.3 is 0 Å². The molecule has 0 saturated heterocycles. The van der Waals surface area contributed by atoms with Crippen LogP contribution in [-0.2, 0) is 11.2 Å². The first-order valence-corrected chi connectivity index (χ1v) is 8.08. The molecule has 0 saturated carbocycles. The summed E-state index contributed by atoms with van der Waals surface area (Å²) in [7, 11) is 0. The molecule has 0 aliphatic rings. The van der Waals surface area contributed by atoms with Crippen molar-refractivity contribution in [3.63, 3.8) is 0 Å². The molecule has 2 aromatic rings. The van der Waals surface area contributed by atoms with Gasteiger partial charge in [-0.05, 0) is 43.5 Å². The quantitative estimate of drug-likeness (QED) is 0.676. The molecule has 4 nitrogen and oxygen atoms in total. The zero-order valence-electron chi connectivity index (χ0n) is 13.8. The highest BCUT2D eigenvalue weighted by Crippen LogP contribution is 2.24. The largest absolute Gasteiger partial charge is 0.397 e. The molecule has 23 heavy (non-hydrogen) atoms. The summed E-state index contributed by atoms with van der Waals surface area (Å²) in [4.78, 5) is 11.5. The number of anilines is 3. The maximum atomic E-state index is 11.5. The first kappa shape index (κ1) is 16.9. The zero-order valence-corrected chi connectivity index (χ0v) is 13.8. The van der Waals surface area contributed by atoms with E-state index in [9.17, 15) is 4.79 Å². The number of nitrogens with two attached hydrogens (primary N) is 1. The van der Waals surface area contributed by atoms with Crippen molar-refractivity contribution in [3.05, 3.63) is 54.1 Å². The van der Waals surface area contributed by atoms with Crippen LogP contribution in [-0.4, -0.2) is 11.9 Å². The number of hydrogen-bond donors (Lipinski definition) is 3. The third kappa shape index (κ3) is 5.33. The monoisotopic (exact) mass is 311 g/mol. The third-order valence-corrected chi connectivity index (χ3v) is 3.77. The van der Waals surface area contributed by atoms with Crippen molar-refractivity contribution in [2.24, 2.45) is 0 Å². The van der Waals surface area contributed by atoms with Crippen LogP contribution >= 0.6 is 0 Å². The summed E-state index contributed by atoms with van der Waals surface area (Å²) in [6, 6.07) is 16.2. The Morgan fingerprint density at radius 3 is 2.61 bits per heavy atom. The number of amides is 1. The zero-order chi connectivity index (χ0) is 16.7. The lowest BCUT2D eigenvalue weighted by atomic mass is 10.1. The number of carbonyl (C=O) groups is 1. The molecule has 0 radical (unpaired) electrons. The molecule has 0 heterocycles. The Labute approximate surface area is 138 Å². The predicted molar refractivity (Wildman–Crippen MR) is 97.6 cm³/mol. The smallest absolute Gasteiger partial charge is 0.224 e. The van der Waals surface area contributed by atoms with Gasteiger partial charge in [0.05, 0.1) is 11.4 Å². The van der Waals surface area contributed by atoms with Gasteiger partial charge in [0.2, 0.25) is 5.91 Å².